The first-order chi connectivity index (χ1) is 4.88. The van der Waals surface area contributed by atoms with Crippen molar-refractivity contribution < 1.29 is 4.79 Å². The van der Waals surface area contributed by atoms with Crippen molar-refractivity contribution in [3.63, 3.8) is 0 Å². The number of aromatic amines is 1. The lowest BCUT2D eigenvalue weighted by Gasteiger charge is -2.27. The maximum absolute atomic E-state index is 10.8. The summed E-state index contributed by atoms with van der Waals surface area (Å²) in [5.74, 6) is 0.811. The fraction of sp³-hybridized carbons (Fsp3) is 0.333. The summed E-state index contributed by atoms with van der Waals surface area (Å²) in [6.45, 7) is 0.798. The van der Waals surface area contributed by atoms with Gasteiger partial charge in [0.2, 0.25) is 11.9 Å². The number of imidazole rings is 1. The molecule has 2 rings (SSSR count). The van der Waals surface area contributed by atoms with E-state index in [1.807, 2.05) is 0 Å². The van der Waals surface area contributed by atoms with Crippen LogP contribution in [-0.4, -0.2) is 22.4 Å². The molecule has 4 heteroatoms. The molecule has 1 aliphatic rings. The molecule has 0 unspecified atom stereocenters. The van der Waals surface area contributed by atoms with Gasteiger partial charge in [-0.1, -0.05) is 0 Å². The van der Waals surface area contributed by atoms with Gasteiger partial charge in [-0.05, 0) is 0 Å². The van der Waals surface area contributed by atoms with Crippen LogP contribution >= 0.6 is 0 Å². The van der Waals surface area contributed by atoms with Crippen LogP contribution in [0.2, 0.25) is 0 Å². The maximum atomic E-state index is 10.8. The van der Waals surface area contributed by atoms with Gasteiger partial charge in [0.05, 0.1) is 0 Å². The van der Waals surface area contributed by atoms with E-state index in [2.05, 4.69) is 9.97 Å². The summed E-state index contributed by atoms with van der Waals surface area (Å²) in [6, 6.07) is 0. The second-order valence-electron chi connectivity index (χ2n) is 2.21. The number of anilines is 1. The first-order valence-electron chi connectivity index (χ1n) is 3.17. The first-order valence-corrected chi connectivity index (χ1v) is 3.17. The van der Waals surface area contributed by atoms with Gasteiger partial charge in [-0.15, -0.1) is 0 Å². The molecule has 0 spiro atoms. The van der Waals surface area contributed by atoms with E-state index in [4.69, 9.17) is 0 Å². The highest BCUT2D eigenvalue weighted by molar-refractivity contribution is 5.97. The smallest absolute Gasteiger partial charge is 0.231 e. The zero-order chi connectivity index (χ0) is 6.97. The number of nitrogens with one attached hydrogen (secondary N) is 1. The fourth-order valence-corrected chi connectivity index (χ4v) is 0.943. The first kappa shape index (κ1) is 5.46. The fourth-order valence-electron chi connectivity index (χ4n) is 0.943. The molecule has 1 N–H and O–H groups in total. The largest absolute Gasteiger partial charge is 0.331 e. The van der Waals surface area contributed by atoms with Crippen LogP contribution in [0, 0.1) is 0 Å². The van der Waals surface area contributed by atoms with E-state index in [1.54, 1.807) is 17.3 Å². The summed E-state index contributed by atoms with van der Waals surface area (Å²) >= 11 is 0. The van der Waals surface area contributed by atoms with E-state index in [-0.39, 0.29) is 5.91 Å². The Kier molecular flexibility index (Phi) is 1.00. The number of H-pyrrole nitrogens is 1. The molecule has 10 heavy (non-hydrogen) atoms. The van der Waals surface area contributed by atoms with Crippen LogP contribution in [0.3, 0.4) is 0 Å². The number of rotatable bonds is 1. The zero-order valence-corrected chi connectivity index (χ0v) is 5.37. The minimum Gasteiger partial charge on any atom is -0.331 e. The lowest BCUT2D eigenvalue weighted by atomic mass is 10.2. The highest BCUT2D eigenvalue weighted by atomic mass is 16.2. The summed E-state index contributed by atoms with van der Waals surface area (Å²) in [4.78, 5) is 19.2. The molecule has 52 valence electrons. The molecular formula is C6H7N3O. The molecule has 0 saturated carbocycles. The van der Waals surface area contributed by atoms with Gasteiger partial charge in [-0.3, -0.25) is 9.69 Å². The highest BCUT2D eigenvalue weighted by Gasteiger charge is 2.26. The standard InChI is InChI=1S/C6H7N3O/c10-5-1-4-9(5)6-7-2-3-8-6/h2-3H,1,4H2,(H,7,8). The maximum Gasteiger partial charge on any atom is 0.231 e. The third-order valence-electron chi connectivity index (χ3n) is 1.59. The van der Waals surface area contributed by atoms with Crippen molar-refractivity contribution in [2.24, 2.45) is 0 Å². The Morgan fingerprint density at radius 1 is 1.70 bits per heavy atom. The molecule has 1 aliphatic heterocycles. The van der Waals surface area contributed by atoms with Gasteiger partial charge >= 0.3 is 0 Å². The average molecular weight is 137 g/mol. The number of aromatic nitrogens is 2. The van der Waals surface area contributed by atoms with Gasteiger partial charge in [-0.2, -0.15) is 0 Å². The minimum absolute atomic E-state index is 0.148. The van der Waals surface area contributed by atoms with Crippen LogP contribution in [-0.2, 0) is 4.79 Å². The number of carbonyl (C=O) groups excluding carboxylic acids is 1. The van der Waals surface area contributed by atoms with Crippen LogP contribution in [0.5, 0.6) is 0 Å². The number of amides is 1. The molecule has 4 nitrogen and oxygen atoms in total. The van der Waals surface area contributed by atoms with Crippen LogP contribution in [0.25, 0.3) is 0 Å². The number of hydrogen-bond donors (Lipinski definition) is 1. The zero-order valence-electron chi connectivity index (χ0n) is 5.37. The van der Waals surface area contributed by atoms with Gasteiger partial charge in [0.1, 0.15) is 0 Å². The lowest BCUT2D eigenvalue weighted by molar-refractivity contribution is -0.122. The molecule has 0 radical (unpaired) electrons. The third kappa shape index (κ3) is 0.618. The second-order valence-corrected chi connectivity index (χ2v) is 2.21. The van der Waals surface area contributed by atoms with Crippen LogP contribution < -0.4 is 4.90 Å². The van der Waals surface area contributed by atoms with Gasteiger partial charge in [0, 0.05) is 25.4 Å². The molecular weight excluding hydrogens is 130 g/mol. The molecule has 0 aromatic carbocycles. The van der Waals surface area contributed by atoms with Crippen molar-refractivity contribution in [3.05, 3.63) is 12.4 Å². The predicted molar refractivity (Wildman–Crippen MR) is 35.6 cm³/mol. The lowest BCUT2D eigenvalue weighted by Crippen LogP contribution is -2.44. The molecule has 1 fully saturated rings. The number of hydrogen-bond acceptors (Lipinski definition) is 2. The van der Waals surface area contributed by atoms with Crippen LogP contribution in [0.15, 0.2) is 12.4 Å². The second kappa shape index (κ2) is 1.83. The SMILES string of the molecule is O=C1CCN1c1ncc[nH]1. The molecule has 1 saturated heterocycles. The van der Waals surface area contributed by atoms with Gasteiger partial charge in [0.25, 0.3) is 0 Å². The molecule has 0 atom stereocenters. The summed E-state index contributed by atoms with van der Waals surface area (Å²) in [6.07, 6.45) is 4.00. The van der Waals surface area contributed by atoms with Gasteiger partial charge in [0.15, 0.2) is 0 Å². The van der Waals surface area contributed by atoms with Crippen molar-refractivity contribution in [1.82, 2.24) is 9.97 Å². The van der Waals surface area contributed by atoms with Crippen molar-refractivity contribution in [2.45, 2.75) is 6.42 Å². The molecule has 0 aliphatic carbocycles. The number of carbonyl (C=O) groups is 1. The van der Waals surface area contributed by atoms with E-state index in [9.17, 15) is 4.79 Å². The summed E-state index contributed by atoms with van der Waals surface area (Å²) < 4.78 is 0. The van der Waals surface area contributed by atoms with Crippen LogP contribution in [0.1, 0.15) is 6.42 Å². The quantitative estimate of drug-likeness (QED) is 0.560. The topological polar surface area (TPSA) is 49.0 Å². The van der Waals surface area contributed by atoms with E-state index >= 15 is 0 Å². The van der Waals surface area contributed by atoms with Crippen molar-refractivity contribution >= 4 is 11.9 Å². The molecule has 1 aromatic rings. The monoisotopic (exact) mass is 137 g/mol. The van der Waals surface area contributed by atoms with Gasteiger partial charge < -0.3 is 4.98 Å². The Bertz CT molecular complexity index is 242. The summed E-state index contributed by atoms with van der Waals surface area (Å²) in [5, 5.41) is 0. The van der Waals surface area contributed by atoms with Crippen molar-refractivity contribution in [1.29, 1.82) is 0 Å². The summed E-state index contributed by atoms with van der Waals surface area (Å²) in [7, 11) is 0. The highest BCUT2D eigenvalue weighted by Crippen LogP contribution is 2.15. The molecule has 0 bridgehead atoms. The van der Waals surface area contributed by atoms with Crippen LogP contribution in [0.4, 0.5) is 5.95 Å². The normalized spacial score (nSPS) is 17.2. The van der Waals surface area contributed by atoms with E-state index < -0.39 is 0 Å². The van der Waals surface area contributed by atoms with Crippen molar-refractivity contribution in [2.75, 3.05) is 11.4 Å². The van der Waals surface area contributed by atoms with E-state index in [0.29, 0.717) is 12.4 Å². The molecule has 2 heterocycles. The Morgan fingerprint density at radius 2 is 2.60 bits per heavy atom. The third-order valence-corrected chi connectivity index (χ3v) is 1.59. The average Bonchev–Trinajstić information content (AvgIpc) is 2.37. The van der Waals surface area contributed by atoms with E-state index in [1.165, 1.54) is 0 Å². The Labute approximate surface area is 57.9 Å². The minimum atomic E-state index is 0.148. The molecule has 1 amide bonds. The van der Waals surface area contributed by atoms with Gasteiger partial charge in [-0.25, -0.2) is 4.98 Å². The molecule has 1 aromatic heterocycles. The Morgan fingerprint density at radius 3 is 3.00 bits per heavy atom. The van der Waals surface area contributed by atoms with Crippen molar-refractivity contribution in [3.8, 4) is 0 Å². The van der Waals surface area contributed by atoms with E-state index in [0.717, 1.165) is 6.54 Å². The number of β-lactam (4-membered cyclic amide) rings is 1. The Hall–Kier alpha value is -1.32. The Balaban J connectivity index is 2.21. The summed E-state index contributed by atoms with van der Waals surface area (Å²) in [5.41, 5.74) is 0. The predicted octanol–water partition coefficient (Wildman–Crippen LogP) is 0.146. The number of nitrogens with zero attached hydrogens (tertiary/aromatic N) is 2.